The number of hydrogen-bond donors (Lipinski definition) is 4. The molecule has 0 aliphatic carbocycles. The summed E-state index contributed by atoms with van der Waals surface area (Å²) in [6.45, 7) is 1.65. The number of nitrogens with two attached hydrogens (primary N) is 1. The highest BCUT2D eigenvalue weighted by atomic mass is 32.2. The molecule has 0 bridgehead atoms. The zero-order valence-electron chi connectivity index (χ0n) is 17.5. The molecule has 0 radical (unpaired) electrons. The summed E-state index contributed by atoms with van der Waals surface area (Å²) >= 11 is 0. The van der Waals surface area contributed by atoms with Gasteiger partial charge in [-0.25, -0.2) is 0 Å². The topological polar surface area (TPSA) is 173 Å². The zero-order chi connectivity index (χ0) is 24.4. The fraction of sp³-hybridized carbons (Fsp3) is 0.190. The number of ether oxygens (including phenoxy) is 1. The Hall–Kier alpha value is -3.19. The second-order valence-corrected chi connectivity index (χ2v) is 10.3. The molecule has 3 aromatic carbocycles. The van der Waals surface area contributed by atoms with Gasteiger partial charge in [0, 0.05) is 28.4 Å². The first kappa shape index (κ1) is 24.5. The standard InChI is InChI=1S/C21H22N2O8S2/c1-13-9-14(3-6-19(13)22)21(24)23-16-4-5-18-15(10-16)11-17(33(28,29)30)12-20(18)31-7-2-8-32(25,26)27/h3-6,9-12H,2,7-8,22H2,1H3,(H,23,24)(H,25,26,27)(H,28,29,30). The number of anilines is 2. The molecule has 0 fully saturated rings. The van der Waals surface area contributed by atoms with Crippen LogP contribution in [0.1, 0.15) is 22.3 Å². The zero-order valence-corrected chi connectivity index (χ0v) is 19.1. The average Bonchev–Trinajstić information content (AvgIpc) is 2.71. The quantitative estimate of drug-likeness (QED) is 0.208. The highest BCUT2D eigenvalue weighted by Gasteiger charge is 2.16. The van der Waals surface area contributed by atoms with Gasteiger partial charge >= 0.3 is 0 Å². The van der Waals surface area contributed by atoms with Crippen molar-refractivity contribution in [2.75, 3.05) is 23.4 Å². The SMILES string of the molecule is Cc1cc(C(=O)Nc2ccc3c(OCCCS(=O)(=O)O)cc(S(=O)(=O)O)cc3c2)ccc1N. The van der Waals surface area contributed by atoms with Gasteiger partial charge in [-0.3, -0.25) is 13.9 Å². The molecule has 3 aromatic rings. The van der Waals surface area contributed by atoms with Gasteiger partial charge in [0.1, 0.15) is 5.75 Å². The van der Waals surface area contributed by atoms with Gasteiger partial charge in [-0.05, 0) is 66.8 Å². The summed E-state index contributed by atoms with van der Waals surface area (Å²) < 4.78 is 68.9. The van der Waals surface area contributed by atoms with Gasteiger partial charge in [0.25, 0.3) is 26.1 Å². The average molecular weight is 495 g/mol. The van der Waals surface area contributed by atoms with Crippen molar-refractivity contribution in [3.63, 3.8) is 0 Å². The number of carbonyl (C=O) groups is 1. The Morgan fingerprint density at radius 3 is 2.39 bits per heavy atom. The van der Waals surface area contributed by atoms with Crippen LogP contribution in [0.25, 0.3) is 10.8 Å². The molecule has 0 aliphatic heterocycles. The fourth-order valence-electron chi connectivity index (χ4n) is 3.10. The van der Waals surface area contributed by atoms with E-state index in [1.54, 1.807) is 37.3 Å². The smallest absolute Gasteiger partial charge is 0.294 e. The molecule has 3 rings (SSSR count). The highest BCUT2D eigenvalue weighted by molar-refractivity contribution is 7.86. The molecule has 0 heterocycles. The van der Waals surface area contributed by atoms with Crippen LogP contribution in [0.5, 0.6) is 5.75 Å². The summed E-state index contributed by atoms with van der Waals surface area (Å²) in [5, 5.41) is 3.53. The van der Waals surface area contributed by atoms with Crippen LogP contribution in [0.2, 0.25) is 0 Å². The van der Waals surface area contributed by atoms with E-state index in [2.05, 4.69) is 5.32 Å². The Labute approximate surface area is 190 Å². The van der Waals surface area contributed by atoms with Crippen LogP contribution in [-0.4, -0.2) is 44.2 Å². The number of carbonyl (C=O) groups excluding carboxylic acids is 1. The molecule has 1 amide bonds. The second kappa shape index (κ2) is 9.35. The highest BCUT2D eigenvalue weighted by Crippen LogP contribution is 2.32. The Morgan fingerprint density at radius 2 is 1.76 bits per heavy atom. The number of nitrogen functional groups attached to an aromatic ring is 1. The summed E-state index contributed by atoms with van der Waals surface area (Å²) in [6, 6.07) is 11.9. The molecule has 0 spiro atoms. The van der Waals surface area contributed by atoms with Crippen molar-refractivity contribution >= 4 is 48.3 Å². The predicted molar refractivity (Wildman–Crippen MR) is 124 cm³/mol. The lowest BCUT2D eigenvalue weighted by Gasteiger charge is -2.13. The maximum atomic E-state index is 12.6. The third-order valence-corrected chi connectivity index (χ3v) is 6.42. The molecule has 12 heteroatoms. The molecular formula is C21H22N2O8S2. The first-order chi connectivity index (χ1) is 15.3. The normalized spacial score (nSPS) is 12.0. The van der Waals surface area contributed by atoms with Gasteiger partial charge in [-0.2, -0.15) is 16.8 Å². The van der Waals surface area contributed by atoms with Gasteiger partial charge in [0.05, 0.1) is 17.3 Å². The molecule has 33 heavy (non-hydrogen) atoms. The van der Waals surface area contributed by atoms with Crippen molar-refractivity contribution in [3.05, 3.63) is 59.7 Å². The van der Waals surface area contributed by atoms with Gasteiger partial charge in [0.15, 0.2) is 0 Å². The van der Waals surface area contributed by atoms with E-state index in [0.29, 0.717) is 27.7 Å². The molecular weight excluding hydrogens is 472 g/mol. The van der Waals surface area contributed by atoms with E-state index in [0.717, 1.165) is 11.6 Å². The predicted octanol–water partition coefficient (Wildman–Crippen LogP) is 2.89. The van der Waals surface area contributed by atoms with Crippen LogP contribution in [0, 0.1) is 6.92 Å². The summed E-state index contributed by atoms with van der Waals surface area (Å²) in [6.07, 6.45) is -0.0361. The van der Waals surface area contributed by atoms with Crippen molar-refractivity contribution in [2.24, 2.45) is 0 Å². The number of fused-ring (bicyclic) bond motifs is 1. The van der Waals surface area contributed by atoms with Crippen molar-refractivity contribution < 1.29 is 35.5 Å². The number of aryl methyl sites for hydroxylation is 1. The van der Waals surface area contributed by atoms with Crippen LogP contribution < -0.4 is 15.8 Å². The summed E-state index contributed by atoms with van der Waals surface area (Å²) in [4.78, 5) is 12.1. The van der Waals surface area contributed by atoms with E-state index < -0.39 is 36.8 Å². The lowest BCUT2D eigenvalue weighted by atomic mass is 10.1. The first-order valence-corrected chi connectivity index (χ1v) is 12.7. The number of hydrogen-bond acceptors (Lipinski definition) is 7. The molecule has 0 saturated carbocycles. The molecule has 0 atom stereocenters. The van der Waals surface area contributed by atoms with Gasteiger partial charge in [-0.15, -0.1) is 0 Å². The van der Waals surface area contributed by atoms with Gasteiger partial charge in [0.2, 0.25) is 0 Å². The van der Waals surface area contributed by atoms with Crippen molar-refractivity contribution in [1.29, 1.82) is 0 Å². The van der Waals surface area contributed by atoms with E-state index in [-0.39, 0.29) is 18.8 Å². The maximum absolute atomic E-state index is 12.6. The van der Waals surface area contributed by atoms with Crippen LogP contribution in [-0.2, 0) is 20.2 Å². The van der Waals surface area contributed by atoms with Crippen molar-refractivity contribution in [2.45, 2.75) is 18.2 Å². The molecule has 5 N–H and O–H groups in total. The summed E-state index contributed by atoms with van der Waals surface area (Å²) in [5.41, 5.74) is 7.83. The van der Waals surface area contributed by atoms with E-state index in [4.69, 9.17) is 15.0 Å². The second-order valence-electron chi connectivity index (χ2n) is 7.35. The van der Waals surface area contributed by atoms with E-state index in [1.165, 1.54) is 12.1 Å². The van der Waals surface area contributed by atoms with Crippen LogP contribution in [0.3, 0.4) is 0 Å². The summed E-state index contributed by atoms with van der Waals surface area (Å²) in [5.74, 6) is -0.837. The van der Waals surface area contributed by atoms with Gasteiger partial charge in [-0.1, -0.05) is 0 Å². The molecule has 0 aromatic heterocycles. The Balaban J connectivity index is 1.91. The lowest BCUT2D eigenvalue weighted by Crippen LogP contribution is -2.12. The molecule has 0 aliphatic rings. The monoisotopic (exact) mass is 494 g/mol. The third-order valence-electron chi connectivity index (χ3n) is 4.78. The van der Waals surface area contributed by atoms with Crippen molar-refractivity contribution in [1.82, 2.24) is 0 Å². The number of rotatable bonds is 8. The van der Waals surface area contributed by atoms with Crippen molar-refractivity contribution in [3.8, 4) is 5.75 Å². The van der Waals surface area contributed by atoms with Crippen LogP contribution in [0.15, 0.2) is 53.4 Å². The number of benzene rings is 3. The van der Waals surface area contributed by atoms with Crippen LogP contribution >= 0.6 is 0 Å². The lowest BCUT2D eigenvalue weighted by molar-refractivity contribution is 0.102. The fourth-order valence-corrected chi connectivity index (χ4v) is 4.11. The van der Waals surface area contributed by atoms with Gasteiger partial charge < -0.3 is 15.8 Å². The van der Waals surface area contributed by atoms with Crippen LogP contribution in [0.4, 0.5) is 11.4 Å². The molecule has 0 saturated heterocycles. The number of nitrogens with one attached hydrogen (secondary N) is 1. The Kier molecular flexibility index (Phi) is 6.93. The molecule has 10 nitrogen and oxygen atoms in total. The summed E-state index contributed by atoms with van der Waals surface area (Å²) in [7, 11) is -8.73. The first-order valence-electron chi connectivity index (χ1n) is 9.64. The molecule has 0 unspecified atom stereocenters. The number of amides is 1. The minimum absolute atomic E-state index is 0.0361. The molecule has 176 valence electrons. The minimum atomic E-state index is -4.57. The minimum Gasteiger partial charge on any atom is -0.493 e. The largest absolute Gasteiger partial charge is 0.493 e. The third kappa shape index (κ3) is 6.42. The van der Waals surface area contributed by atoms with E-state index in [1.807, 2.05) is 0 Å². The van der Waals surface area contributed by atoms with E-state index >= 15 is 0 Å². The van der Waals surface area contributed by atoms with E-state index in [9.17, 15) is 26.2 Å². The maximum Gasteiger partial charge on any atom is 0.294 e. The Morgan fingerprint density at radius 1 is 1.03 bits per heavy atom. The Bertz CT molecular complexity index is 1430.